The number of hydrogen-bond donors (Lipinski definition) is 2. The molecule has 5 heteroatoms. The topological polar surface area (TPSA) is 63.8 Å². The van der Waals surface area contributed by atoms with Crippen molar-refractivity contribution < 1.29 is 0 Å². The maximum Gasteiger partial charge on any atom is 0.131 e. The van der Waals surface area contributed by atoms with Gasteiger partial charge in [-0.3, -0.25) is 0 Å². The Morgan fingerprint density at radius 1 is 1.29 bits per heavy atom. The number of aromatic nitrogens is 2. The third-order valence-corrected chi connectivity index (χ3v) is 2.77. The van der Waals surface area contributed by atoms with Crippen LogP contribution >= 0.6 is 11.6 Å². The molecule has 0 aliphatic heterocycles. The van der Waals surface area contributed by atoms with Crippen molar-refractivity contribution >= 4 is 23.2 Å². The van der Waals surface area contributed by atoms with Crippen LogP contribution in [0.4, 0.5) is 11.6 Å². The molecule has 17 heavy (non-hydrogen) atoms. The average Bonchev–Trinajstić information content (AvgIpc) is 2.29. The zero-order valence-electron chi connectivity index (χ0n) is 9.39. The minimum absolute atomic E-state index is 0.0537. The molecule has 4 nitrogen and oxygen atoms in total. The molecule has 1 aromatic carbocycles. The second-order valence-corrected chi connectivity index (χ2v) is 4.12. The maximum atomic E-state index is 6.12. The van der Waals surface area contributed by atoms with Gasteiger partial charge in [-0.15, -0.1) is 0 Å². The highest BCUT2D eigenvalue weighted by Gasteiger charge is 2.09. The summed E-state index contributed by atoms with van der Waals surface area (Å²) in [6.07, 6.45) is 1.43. The molecular weight excluding hydrogens is 236 g/mol. The van der Waals surface area contributed by atoms with Crippen molar-refractivity contribution in [1.82, 2.24) is 9.97 Å². The van der Waals surface area contributed by atoms with Crippen molar-refractivity contribution in [3.63, 3.8) is 0 Å². The van der Waals surface area contributed by atoms with Gasteiger partial charge in [0.1, 0.15) is 18.0 Å². The number of hydrogen-bond acceptors (Lipinski definition) is 4. The van der Waals surface area contributed by atoms with E-state index in [0.29, 0.717) is 11.6 Å². The Labute approximate surface area is 105 Å². The van der Waals surface area contributed by atoms with Crippen LogP contribution < -0.4 is 11.1 Å². The number of nitrogens with two attached hydrogens (primary N) is 1. The van der Waals surface area contributed by atoms with E-state index in [1.54, 1.807) is 6.07 Å². The SMILES string of the molecule is CC(Nc1cc(N)ncn1)c1ccccc1Cl. The molecule has 0 bridgehead atoms. The van der Waals surface area contributed by atoms with E-state index in [1.807, 2.05) is 31.2 Å². The average molecular weight is 249 g/mol. The van der Waals surface area contributed by atoms with E-state index in [4.69, 9.17) is 17.3 Å². The van der Waals surface area contributed by atoms with Crippen molar-refractivity contribution in [1.29, 1.82) is 0 Å². The van der Waals surface area contributed by atoms with Gasteiger partial charge >= 0.3 is 0 Å². The Morgan fingerprint density at radius 3 is 2.76 bits per heavy atom. The molecule has 0 saturated heterocycles. The summed E-state index contributed by atoms with van der Waals surface area (Å²) in [5.74, 6) is 1.12. The summed E-state index contributed by atoms with van der Waals surface area (Å²) in [7, 11) is 0. The van der Waals surface area contributed by atoms with Crippen molar-refractivity contribution in [3.8, 4) is 0 Å². The van der Waals surface area contributed by atoms with Gasteiger partial charge < -0.3 is 11.1 Å². The van der Waals surface area contributed by atoms with E-state index in [-0.39, 0.29) is 6.04 Å². The number of nitrogens with one attached hydrogen (secondary N) is 1. The van der Waals surface area contributed by atoms with E-state index >= 15 is 0 Å². The summed E-state index contributed by atoms with van der Waals surface area (Å²) in [4.78, 5) is 7.93. The van der Waals surface area contributed by atoms with Gasteiger partial charge in [-0.2, -0.15) is 0 Å². The van der Waals surface area contributed by atoms with Gasteiger partial charge in [0.15, 0.2) is 0 Å². The van der Waals surface area contributed by atoms with Crippen LogP contribution in [0.15, 0.2) is 36.7 Å². The Morgan fingerprint density at radius 2 is 2.06 bits per heavy atom. The Hall–Kier alpha value is -1.81. The largest absolute Gasteiger partial charge is 0.384 e. The van der Waals surface area contributed by atoms with Crippen LogP contribution in [0.25, 0.3) is 0 Å². The first-order chi connectivity index (χ1) is 8.16. The molecule has 1 atom stereocenters. The van der Waals surface area contributed by atoms with Gasteiger partial charge in [0.25, 0.3) is 0 Å². The van der Waals surface area contributed by atoms with Gasteiger partial charge in [0.2, 0.25) is 0 Å². The Balaban J connectivity index is 2.17. The lowest BCUT2D eigenvalue weighted by atomic mass is 10.1. The predicted molar refractivity (Wildman–Crippen MR) is 69.9 cm³/mol. The molecule has 0 saturated carbocycles. The highest BCUT2D eigenvalue weighted by molar-refractivity contribution is 6.31. The number of benzene rings is 1. The van der Waals surface area contributed by atoms with Crippen molar-refractivity contribution in [2.24, 2.45) is 0 Å². The second kappa shape index (κ2) is 5.01. The predicted octanol–water partition coefficient (Wildman–Crippen LogP) is 2.89. The lowest BCUT2D eigenvalue weighted by Gasteiger charge is -2.16. The molecule has 0 aliphatic rings. The van der Waals surface area contributed by atoms with Gasteiger partial charge in [0.05, 0.1) is 6.04 Å². The third kappa shape index (κ3) is 2.85. The van der Waals surface area contributed by atoms with Crippen LogP contribution in [0.2, 0.25) is 5.02 Å². The van der Waals surface area contributed by atoms with Crippen LogP contribution in [0.1, 0.15) is 18.5 Å². The highest BCUT2D eigenvalue weighted by Crippen LogP contribution is 2.24. The number of anilines is 2. The van der Waals surface area contributed by atoms with Crippen molar-refractivity contribution in [2.45, 2.75) is 13.0 Å². The number of rotatable bonds is 3. The fraction of sp³-hybridized carbons (Fsp3) is 0.167. The molecular formula is C12H13ClN4. The number of halogens is 1. The first-order valence-electron chi connectivity index (χ1n) is 5.25. The standard InChI is InChI=1S/C12H13ClN4/c1-8(9-4-2-3-5-10(9)13)17-12-6-11(14)15-7-16-12/h2-8H,1H3,(H3,14,15,16,17). The fourth-order valence-corrected chi connectivity index (χ4v) is 1.88. The van der Waals surface area contributed by atoms with Gasteiger partial charge in [0, 0.05) is 11.1 Å². The smallest absolute Gasteiger partial charge is 0.131 e. The minimum Gasteiger partial charge on any atom is -0.384 e. The van der Waals surface area contributed by atoms with Crippen molar-refractivity contribution in [3.05, 3.63) is 47.2 Å². The van der Waals surface area contributed by atoms with Crippen LogP contribution in [0.5, 0.6) is 0 Å². The van der Waals surface area contributed by atoms with Gasteiger partial charge in [-0.25, -0.2) is 9.97 Å². The number of nitrogen functional groups attached to an aromatic ring is 1. The first-order valence-corrected chi connectivity index (χ1v) is 5.63. The molecule has 1 aromatic heterocycles. The van der Waals surface area contributed by atoms with Crippen LogP contribution in [0.3, 0.4) is 0 Å². The quantitative estimate of drug-likeness (QED) is 0.877. The molecule has 0 fully saturated rings. The number of nitrogens with zero attached hydrogens (tertiary/aromatic N) is 2. The van der Waals surface area contributed by atoms with E-state index in [9.17, 15) is 0 Å². The Bertz CT molecular complexity index is 515. The summed E-state index contributed by atoms with van der Waals surface area (Å²) in [6, 6.07) is 9.44. The maximum absolute atomic E-state index is 6.12. The van der Waals surface area contributed by atoms with E-state index < -0.39 is 0 Å². The molecule has 0 spiro atoms. The van der Waals surface area contributed by atoms with E-state index in [0.717, 1.165) is 10.6 Å². The van der Waals surface area contributed by atoms with Crippen LogP contribution in [-0.2, 0) is 0 Å². The lowest BCUT2D eigenvalue weighted by Crippen LogP contribution is -2.09. The molecule has 1 unspecified atom stereocenters. The zero-order valence-corrected chi connectivity index (χ0v) is 10.1. The molecule has 2 rings (SSSR count). The highest BCUT2D eigenvalue weighted by atomic mass is 35.5. The van der Waals surface area contributed by atoms with Gasteiger partial charge in [-0.05, 0) is 18.6 Å². The lowest BCUT2D eigenvalue weighted by molar-refractivity contribution is 0.872. The summed E-state index contributed by atoms with van der Waals surface area (Å²) in [5.41, 5.74) is 6.61. The van der Waals surface area contributed by atoms with Crippen LogP contribution in [0, 0.1) is 0 Å². The van der Waals surface area contributed by atoms with E-state index in [1.165, 1.54) is 6.33 Å². The molecule has 0 aliphatic carbocycles. The van der Waals surface area contributed by atoms with E-state index in [2.05, 4.69) is 15.3 Å². The fourth-order valence-electron chi connectivity index (χ4n) is 1.58. The zero-order chi connectivity index (χ0) is 12.3. The second-order valence-electron chi connectivity index (χ2n) is 3.72. The van der Waals surface area contributed by atoms with Gasteiger partial charge in [-0.1, -0.05) is 29.8 Å². The van der Waals surface area contributed by atoms with Crippen LogP contribution in [-0.4, -0.2) is 9.97 Å². The first kappa shape index (κ1) is 11.7. The summed E-state index contributed by atoms with van der Waals surface area (Å²) in [5, 5.41) is 3.96. The minimum atomic E-state index is 0.0537. The molecule has 2 aromatic rings. The molecule has 0 radical (unpaired) electrons. The normalized spacial score (nSPS) is 12.1. The third-order valence-electron chi connectivity index (χ3n) is 2.42. The Kier molecular flexibility index (Phi) is 3.44. The van der Waals surface area contributed by atoms with Crippen molar-refractivity contribution in [2.75, 3.05) is 11.1 Å². The molecule has 88 valence electrons. The monoisotopic (exact) mass is 248 g/mol. The summed E-state index contributed by atoms with van der Waals surface area (Å²) >= 11 is 6.12. The molecule has 0 amide bonds. The molecule has 1 heterocycles. The summed E-state index contributed by atoms with van der Waals surface area (Å²) in [6.45, 7) is 2.01. The molecule has 3 N–H and O–H groups in total. The summed E-state index contributed by atoms with van der Waals surface area (Å²) < 4.78 is 0.